The Hall–Kier alpha value is -2.17. The number of nitrogens with one attached hydrogen (secondary N) is 1. The zero-order chi connectivity index (χ0) is 16.3. The monoisotopic (exact) mass is 313 g/mol. The van der Waals surface area contributed by atoms with Gasteiger partial charge in [0.05, 0.1) is 13.2 Å². The first kappa shape index (κ1) is 17.2. The number of methoxy groups -OCH3 is 1. The Morgan fingerprint density at radius 2 is 1.61 bits per heavy atom. The minimum Gasteiger partial charge on any atom is -0.382 e. The van der Waals surface area contributed by atoms with E-state index in [-0.39, 0.29) is 5.91 Å². The molecule has 0 aliphatic heterocycles. The first-order valence-electron chi connectivity index (χ1n) is 7.81. The normalized spacial score (nSPS) is 10.5. The summed E-state index contributed by atoms with van der Waals surface area (Å²) in [7, 11) is 1.65. The Morgan fingerprint density at radius 3 is 2.30 bits per heavy atom. The molecule has 0 heterocycles. The molecule has 0 aromatic heterocycles. The minimum atomic E-state index is -0.0542. The van der Waals surface area contributed by atoms with Gasteiger partial charge in [0.15, 0.2) is 0 Å². The largest absolute Gasteiger partial charge is 0.382 e. The molecule has 0 atom stereocenters. The number of amides is 1. The van der Waals surface area contributed by atoms with Crippen molar-refractivity contribution in [2.75, 3.05) is 33.5 Å². The molecule has 2 rings (SSSR count). The molecule has 0 unspecified atom stereocenters. The Balaban J connectivity index is 1.75. The molecule has 0 saturated heterocycles. The summed E-state index contributed by atoms with van der Waals surface area (Å²) < 4.78 is 10.2. The third kappa shape index (κ3) is 5.85. The highest BCUT2D eigenvalue weighted by Gasteiger charge is 2.05. The molecule has 2 aromatic rings. The van der Waals surface area contributed by atoms with Crippen LogP contribution in [-0.2, 0) is 9.47 Å². The summed E-state index contributed by atoms with van der Waals surface area (Å²) in [4.78, 5) is 12.1. The smallest absolute Gasteiger partial charge is 0.251 e. The maximum absolute atomic E-state index is 12.1. The summed E-state index contributed by atoms with van der Waals surface area (Å²) in [6.45, 7) is 2.41. The standard InChI is InChI=1S/C19H23NO3/c1-22-14-15-23-13-5-12-20-19(21)18-10-8-17(9-11-18)16-6-3-2-4-7-16/h2-4,6-11H,5,12-15H2,1H3,(H,20,21). The summed E-state index contributed by atoms with van der Waals surface area (Å²) in [6.07, 6.45) is 0.789. The lowest BCUT2D eigenvalue weighted by molar-refractivity contribution is 0.0688. The van der Waals surface area contributed by atoms with Crippen LogP contribution in [0.3, 0.4) is 0 Å². The van der Waals surface area contributed by atoms with Gasteiger partial charge in [-0.05, 0) is 29.7 Å². The second-order valence-corrected chi connectivity index (χ2v) is 5.16. The number of carbonyl (C=O) groups is 1. The molecule has 0 saturated carbocycles. The Morgan fingerprint density at radius 1 is 0.913 bits per heavy atom. The predicted octanol–water partition coefficient (Wildman–Crippen LogP) is 3.14. The Kier molecular flexibility index (Phi) is 7.30. The van der Waals surface area contributed by atoms with E-state index in [0.717, 1.165) is 17.5 Å². The average Bonchev–Trinajstić information content (AvgIpc) is 2.61. The highest BCUT2D eigenvalue weighted by atomic mass is 16.5. The van der Waals surface area contributed by atoms with E-state index < -0.39 is 0 Å². The van der Waals surface area contributed by atoms with Gasteiger partial charge < -0.3 is 14.8 Å². The van der Waals surface area contributed by atoms with Crippen LogP contribution < -0.4 is 5.32 Å². The van der Waals surface area contributed by atoms with Gasteiger partial charge in [-0.3, -0.25) is 4.79 Å². The molecule has 23 heavy (non-hydrogen) atoms. The summed E-state index contributed by atoms with van der Waals surface area (Å²) in [6, 6.07) is 17.8. The van der Waals surface area contributed by atoms with E-state index >= 15 is 0 Å². The van der Waals surface area contributed by atoms with Crippen LogP contribution in [0.1, 0.15) is 16.8 Å². The molecule has 2 aromatic carbocycles. The topological polar surface area (TPSA) is 47.6 Å². The van der Waals surface area contributed by atoms with Crippen molar-refractivity contribution in [1.82, 2.24) is 5.32 Å². The summed E-state index contributed by atoms with van der Waals surface area (Å²) in [5, 5.41) is 2.90. The second kappa shape index (κ2) is 9.77. The molecule has 0 aliphatic carbocycles. The molecular formula is C19H23NO3. The van der Waals surface area contributed by atoms with Gasteiger partial charge in [0, 0.05) is 25.8 Å². The van der Waals surface area contributed by atoms with E-state index in [0.29, 0.717) is 31.9 Å². The molecule has 1 amide bonds. The van der Waals surface area contributed by atoms with Crippen LogP contribution in [-0.4, -0.2) is 39.4 Å². The molecule has 1 N–H and O–H groups in total. The number of carbonyl (C=O) groups excluding carboxylic acids is 1. The van der Waals surface area contributed by atoms with Crippen molar-refractivity contribution in [3.63, 3.8) is 0 Å². The van der Waals surface area contributed by atoms with Crippen LogP contribution in [0.25, 0.3) is 11.1 Å². The van der Waals surface area contributed by atoms with Crippen LogP contribution in [0.2, 0.25) is 0 Å². The van der Waals surface area contributed by atoms with E-state index in [2.05, 4.69) is 17.4 Å². The Bertz CT molecular complexity index is 581. The number of rotatable bonds is 9. The van der Waals surface area contributed by atoms with E-state index in [4.69, 9.17) is 9.47 Å². The van der Waals surface area contributed by atoms with Gasteiger partial charge >= 0.3 is 0 Å². The van der Waals surface area contributed by atoms with Gasteiger partial charge in [-0.2, -0.15) is 0 Å². The van der Waals surface area contributed by atoms with Crippen molar-refractivity contribution in [3.05, 3.63) is 60.2 Å². The van der Waals surface area contributed by atoms with E-state index in [1.165, 1.54) is 0 Å². The zero-order valence-corrected chi connectivity index (χ0v) is 13.5. The third-order valence-electron chi connectivity index (χ3n) is 3.44. The molecular weight excluding hydrogens is 290 g/mol. The van der Waals surface area contributed by atoms with E-state index in [9.17, 15) is 4.79 Å². The first-order valence-corrected chi connectivity index (χ1v) is 7.81. The summed E-state index contributed by atoms with van der Waals surface area (Å²) in [5.41, 5.74) is 2.92. The van der Waals surface area contributed by atoms with Crippen LogP contribution >= 0.6 is 0 Å². The van der Waals surface area contributed by atoms with Crippen molar-refractivity contribution in [2.24, 2.45) is 0 Å². The van der Waals surface area contributed by atoms with Crippen LogP contribution in [0.4, 0.5) is 0 Å². The molecule has 0 radical (unpaired) electrons. The van der Waals surface area contributed by atoms with Crippen molar-refractivity contribution >= 4 is 5.91 Å². The molecule has 0 bridgehead atoms. The second-order valence-electron chi connectivity index (χ2n) is 5.16. The molecule has 0 aliphatic rings. The van der Waals surface area contributed by atoms with Gasteiger partial charge in [0.1, 0.15) is 0 Å². The highest BCUT2D eigenvalue weighted by molar-refractivity contribution is 5.94. The van der Waals surface area contributed by atoms with Gasteiger partial charge in [-0.1, -0.05) is 42.5 Å². The third-order valence-corrected chi connectivity index (χ3v) is 3.44. The van der Waals surface area contributed by atoms with Crippen LogP contribution in [0, 0.1) is 0 Å². The molecule has 122 valence electrons. The lowest BCUT2D eigenvalue weighted by Gasteiger charge is -2.07. The Labute approximate surface area is 137 Å². The summed E-state index contributed by atoms with van der Waals surface area (Å²) in [5.74, 6) is -0.0542. The molecule has 4 nitrogen and oxygen atoms in total. The van der Waals surface area contributed by atoms with Crippen molar-refractivity contribution in [1.29, 1.82) is 0 Å². The maximum atomic E-state index is 12.1. The van der Waals surface area contributed by atoms with Crippen molar-refractivity contribution in [3.8, 4) is 11.1 Å². The van der Waals surface area contributed by atoms with E-state index in [1.807, 2.05) is 42.5 Å². The molecule has 0 fully saturated rings. The zero-order valence-electron chi connectivity index (χ0n) is 13.5. The molecule has 4 heteroatoms. The minimum absolute atomic E-state index is 0.0542. The fourth-order valence-electron chi connectivity index (χ4n) is 2.17. The number of ether oxygens (including phenoxy) is 2. The van der Waals surface area contributed by atoms with Crippen molar-refractivity contribution < 1.29 is 14.3 Å². The van der Waals surface area contributed by atoms with Crippen molar-refractivity contribution in [2.45, 2.75) is 6.42 Å². The van der Waals surface area contributed by atoms with Gasteiger partial charge in [0.25, 0.3) is 5.91 Å². The van der Waals surface area contributed by atoms with Crippen LogP contribution in [0.15, 0.2) is 54.6 Å². The van der Waals surface area contributed by atoms with E-state index in [1.54, 1.807) is 7.11 Å². The summed E-state index contributed by atoms with van der Waals surface area (Å²) >= 11 is 0. The number of hydrogen-bond acceptors (Lipinski definition) is 3. The first-order chi connectivity index (χ1) is 11.3. The number of hydrogen-bond donors (Lipinski definition) is 1. The fourth-order valence-corrected chi connectivity index (χ4v) is 2.17. The highest BCUT2D eigenvalue weighted by Crippen LogP contribution is 2.19. The van der Waals surface area contributed by atoms with Gasteiger partial charge in [0.2, 0.25) is 0 Å². The molecule has 0 spiro atoms. The van der Waals surface area contributed by atoms with Gasteiger partial charge in [-0.25, -0.2) is 0 Å². The quantitative estimate of drug-likeness (QED) is 0.724. The maximum Gasteiger partial charge on any atom is 0.251 e. The lowest BCUT2D eigenvalue weighted by atomic mass is 10.0. The SMILES string of the molecule is COCCOCCCNC(=O)c1ccc(-c2ccccc2)cc1. The predicted molar refractivity (Wildman–Crippen MR) is 91.5 cm³/mol. The average molecular weight is 313 g/mol. The van der Waals surface area contributed by atoms with Crippen LogP contribution in [0.5, 0.6) is 0 Å². The number of benzene rings is 2. The fraction of sp³-hybridized carbons (Fsp3) is 0.316. The van der Waals surface area contributed by atoms with Gasteiger partial charge in [-0.15, -0.1) is 0 Å². The lowest BCUT2D eigenvalue weighted by Crippen LogP contribution is -2.25.